The lowest BCUT2D eigenvalue weighted by Crippen LogP contribution is -2.43. The minimum absolute atomic E-state index is 0.0347. The molecule has 0 bridgehead atoms. The highest BCUT2D eigenvalue weighted by molar-refractivity contribution is 5.65. The van der Waals surface area contributed by atoms with Gasteiger partial charge in [-0.2, -0.15) is 8.78 Å². The van der Waals surface area contributed by atoms with Crippen LogP contribution in [0.2, 0.25) is 0 Å². The number of halogens is 6. The van der Waals surface area contributed by atoms with Crippen LogP contribution in [0.5, 0.6) is 11.5 Å². The summed E-state index contributed by atoms with van der Waals surface area (Å²) < 4.78 is 103. The van der Waals surface area contributed by atoms with Crippen LogP contribution >= 0.6 is 0 Å². The van der Waals surface area contributed by atoms with Crippen LogP contribution in [0.1, 0.15) is 58.3 Å². The predicted molar refractivity (Wildman–Crippen MR) is 140 cm³/mol. The Bertz CT molecular complexity index is 1130. The Hall–Kier alpha value is -2.46. The second kappa shape index (κ2) is 12.4. The molecule has 2 aliphatic carbocycles. The third kappa shape index (κ3) is 7.69. The summed E-state index contributed by atoms with van der Waals surface area (Å²) in [6.07, 6.45) is -2.25. The zero-order valence-electron chi connectivity index (χ0n) is 23.0. The standard InChI is InChI=1S/C31H36F6O4/c1-19-2-4-20(5-3-19)23-17-38-29(39-18-23)22-6-10-24(11-7-22)30(33,34)40-26-14-15-27(28(32)16-26)21-8-12-25(13-9-21)41-31(35,36)37/h8-9,12-16,19-20,22-24,29H,2-7,10-11,17-18H2,1H3. The molecule has 0 atom stereocenters. The van der Waals surface area contributed by atoms with E-state index in [1.807, 2.05) is 0 Å². The molecule has 0 radical (unpaired) electrons. The van der Waals surface area contributed by atoms with Crippen molar-refractivity contribution in [2.45, 2.75) is 77.1 Å². The number of ether oxygens (including phenoxy) is 4. The Kier molecular flexibility index (Phi) is 9.09. The lowest BCUT2D eigenvalue weighted by atomic mass is 9.76. The summed E-state index contributed by atoms with van der Waals surface area (Å²) in [5.41, 5.74) is 0.299. The number of hydrogen-bond donors (Lipinski definition) is 0. The Labute approximate surface area is 236 Å². The Balaban J connectivity index is 1.11. The van der Waals surface area contributed by atoms with Crippen LogP contribution in [0.15, 0.2) is 42.5 Å². The number of alkyl halides is 5. The van der Waals surface area contributed by atoms with E-state index < -0.39 is 30.0 Å². The van der Waals surface area contributed by atoms with Gasteiger partial charge in [-0.3, -0.25) is 0 Å². The first-order valence-electron chi connectivity index (χ1n) is 14.4. The molecule has 41 heavy (non-hydrogen) atoms. The molecular formula is C31H36F6O4. The number of benzene rings is 2. The lowest BCUT2D eigenvalue weighted by molar-refractivity contribution is -0.274. The fraction of sp³-hybridized carbons (Fsp3) is 0.613. The summed E-state index contributed by atoms with van der Waals surface area (Å²) in [5.74, 6) is -0.746. The van der Waals surface area contributed by atoms with E-state index in [0.717, 1.165) is 24.1 Å². The van der Waals surface area contributed by atoms with Crippen molar-refractivity contribution in [1.82, 2.24) is 0 Å². The molecule has 2 aromatic rings. The first-order chi connectivity index (χ1) is 19.5. The summed E-state index contributed by atoms with van der Waals surface area (Å²) in [4.78, 5) is 0. The maximum atomic E-state index is 15.1. The van der Waals surface area contributed by atoms with Gasteiger partial charge in [0, 0.05) is 23.5 Å². The molecule has 1 heterocycles. The maximum Gasteiger partial charge on any atom is 0.573 e. The average molecular weight is 587 g/mol. The molecule has 5 rings (SSSR count). The van der Waals surface area contributed by atoms with Gasteiger partial charge in [0.2, 0.25) is 0 Å². The first kappa shape index (κ1) is 30.0. The Morgan fingerprint density at radius 2 is 1.27 bits per heavy atom. The largest absolute Gasteiger partial charge is 0.573 e. The summed E-state index contributed by atoms with van der Waals surface area (Å²) in [5, 5.41) is 0. The van der Waals surface area contributed by atoms with Gasteiger partial charge in [-0.05, 0) is 80.2 Å². The fourth-order valence-electron chi connectivity index (χ4n) is 6.43. The molecular weight excluding hydrogens is 550 g/mol. The summed E-state index contributed by atoms with van der Waals surface area (Å²) in [6, 6.07) is 7.96. The smallest absolute Gasteiger partial charge is 0.432 e. The normalized spacial score (nSPS) is 29.6. The second-order valence-electron chi connectivity index (χ2n) is 11.8. The number of hydrogen-bond acceptors (Lipinski definition) is 4. The van der Waals surface area contributed by atoms with Crippen molar-refractivity contribution in [3.63, 3.8) is 0 Å². The quantitative estimate of drug-likeness (QED) is 0.304. The van der Waals surface area contributed by atoms with E-state index in [4.69, 9.17) is 14.2 Å². The maximum absolute atomic E-state index is 15.1. The van der Waals surface area contributed by atoms with Crippen molar-refractivity contribution in [2.24, 2.45) is 29.6 Å². The monoisotopic (exact) mass is 586 g/mol. The van der Waals surface area contributed by atoms with Crippen LogP contribution in [-0.4, -0.2) is 32.0 Å². The van der Waals surface area contributed by atoms with Crippen LogP contribution in [0.25, 0.3) is 11.1 Å². The van der Waals surface area contributed by atoms with E-state index in [1.165, 1.54) is 49.9 Å². The van der Waals surface area contributed by atoms with E-state index in [2.05, 4.69) is 11.7 Å². The van der Waals surface area contributed by atoms with Crippen molar-refractivity contribution in [2.75, 3.05) is 13.2 Å². The van der Waals surface area contributed by atoms with E-state index in [0.29, 0.717) is 37.9 Å². The highest BCUT2D eigenvalue weighted by atomic mass is 19.4. The van der Waals surface area contributed by atoms with Crippen molar-refractivity contribution in [3.8, 4) is 22.6 Å². The first-order valence-corrected chi connectivity index (χ1v) is 14.4. The zero-order chi connectivity index (χ0) is 29.2. The molecule has 1 aliphatic heterocycles. The Morgan fingerprint density at radius 3 is 1.85 bits per heavy atom. The fourth-order valence-corrected chi connectivity index (χ4v) is 6.43. The second-order valence-corrected chi connectivity index (χ2v) is 11.8. The van der Waals surface area contributed by atoms with Crippen LogP contribution in [0, 0.1) is 35.4 Å². The topological polar surface area (TPSA) is 36.9 Å². The van der Waals surface area contributed by atoms with Crippen LogP contribution in [0.3, 0.4) is 0 Å². The molecule has 226 valence electrons. The van der Waals surface area contributed by atoms with Crippen LogP contribution < -0.4 is 9.47 Å². The molecule has 0 N–H and O–H groups in total. The minimum atomic E-state index is -4.84. The molecule has 0 unspecified atom stereocenters. The molecule has 2 saturated carbocycles. The Morgan fingerprint density at radius 1 is 0.683 bits per heavy atom. The molecule has 1 saturated heterocycles. The number of rotatable bonds is 7. The van der Waals surface area contributed by atoms with Gasteiger partial charge in [-0.15, -0.1) is 13.2 Å². The SMILES string of the molecule is CC1CCC(C2COC(C3CCC(C(F)(F)Oc4ccc(-c5ccc(OC(F)(F)F)cc5)c(F)c4)CC3)OC2)CC1. The van der Waals surface area contributed by atoms with Gasteiger partial charge < -0.3 is 18.9 Å². The van der Waals surface area contributed by atoms with Gasteiger partial charge in [0.25, 0.3) is 0 Å². The van der Waals surface area contributed by atoms with E-state index >= 15 is 8.78 Å². The summed E-state index contributed by atoms with van der Waals surface area (Å²) in [6.45, 7) is 3.62. The minimum Gasteiger partial charge on any atom is -0.432 e. The third-order valence-corrected chi connectivity index (χ3v) is 8.90. The van der Waals surface area contributed by atoms with Crippen molar-refractivity contribution < 1.29 is 45.3 Å². The zero-order valence-corrected chi connectivity index (χ0v) is 23.0. The van der Waals surface area contributed by atoms with E-state index in [-0.39, 0.29) is 41.9 Å². The van der Waals surface area contributed by atoms with Gasteiger partial charge in [0.05, 0.1) is 19.1 Å². The van der Waals surface area contributed by atoms with Gasteiger partial charge in [0.15, 0.2) is 6.29 Å². The molecule has 0 spiro atoms. The van der Waals surface area contributed by atoms with Gasteiger partial charge >= 0.3 is 12.5 Å². The average Bonchev–Trinajstić information content (AvgIpc) is 2.93. The highest BCUT2D eigenvalue weighted by Gasteiger charge is 2.46. The predicted octanol–water partition coefficient (Wildman–Crippen LogP) is 8.98. The van der Waals surface area contributed by atoms with E-state index in [1.54, 1.807) is 0 Å². The molecule has 3 aliphatic rings. The van der Waals surface area contributed by atoms with Gasteiger partial charge in [-0.1, -0.05) is 31.9 Å². The molecule has 0 amide bonds. The summed E-state index contributed by atoms with van der Waals surface area (Å²) in [7, 11) is 0. The molecule has 4 nitrogen and oxygen atoms in total. The van der Waals surface area contributed by atoms with Gasteiger partial charge in [0.1, 0.15) is 17.3 Å². The van der Waals surface area contributed by atoms with Crippen LogP contribution in [0.4, 0.5) is 26.3 Å². The lowest BCUT2D eigenvalue weighted by Gasteiger charge is -2.41. The third-order valence-electron chi connectivity index (χ3n) is 8.90. The molecule has 3 fully saturated rings. The van der Waals surface area contributed by atoms with E-state index in [9.17, 15) is 17.6 Å². The van der Waals surface area contributed by atoms with Crippen LogP contribution in [-0.2, 0) is 9.47 Å². The van der Waals surface area contributed by atoms with Crippen molar-refractivity contribution in [3.05, 3.63) is 48.3 Å². The highest BCUT2D eigenvalue weighted by Crippen LogP contribution is 2.43. The van der Waals surface area contributed by atoms with Crippen molar-refractivity contribution >= 4 is 0 Å². The van der Waals surface area contributed by atoms with Crippen molar-refractivity contribution in [1.29, 1.82) is 0 Å². The van der Waals surface area contributed by atoms with Gasteiger partial charge in [-0.25, -0.2) is 4.39 Å². The summed E-state index contributed by atoms with van der Waals surface area (Å²) >= 11 is 0. The molecule has 10 heteroatoms. The molecule has 0 aromatic heterocycles. The molecule has 2 aromatic carbocycles.